The van der Waals surface area contributed by atoms with Crippen LogP contribution in [0.4, 0.5) is 0 Å². The van der Waals surface area contributed by atoms with E-state index >= 15 is 0 Å². The molecule has 0 unspecified atom stereocenters. The van der Waals surface area contributed by atoms with Crippen LogP contribution in [0.3, 0.4) is 0 Å². The minimum absolute atomic E-state index is 0.136. The van der Waals surface area contributed by atoms with Gasteiger partial charge in [-0.05, 0) is 25.5 Å². The smallest absolute Gasteiger partial charge is 0.242 e. The number of rotatable bonds is 5. The Morgan fingerprint density at radius 1 is 1.25 bits per heavy atom. The van der Waals surface area contributed by atoms with Gasteiger partial charge in [-0.3, -0.25) is 9.69 Å². The molecule has 1 amide bonds. The van der Waals surface area contributed by atoms with Crippen molar-refractivity contribution in [3.8, 4) is 0 Å². The highest BCUT2D eigenvalue weighted by Gasteiger charge is 2.23. The van der Waals surface area contributed by atoms with Crippen LogP contribution in [-0.2, 0) is 11.3 Å². The number of carbonyl (C=O) groups is 1. The number of benzene rings is 1. The van der Waals surface area contributed by atoms with Gasteiger partial charge in [-0.1, -0.05) is 19.1 Å². The first kappa shape index (κ1) is 16.9. The zero-order valence-electron chi connectivity index (χ0n) is 14.5. The molecule has 130 valence electrons. The molecule has 0 spiro atoms. The highest BCUT2D eigenvalue weighted by Crippen LogP contribution is 2.16. The summed E-state index contributed by atoms with van der Waals surface area (Å²) in [6.07, 6.45) is 0.499. The monoisotopic (exact) mass is 330 g/mol. The number of piperazine rings is 1. The van der Waals surface area contributed by atoms with Gasteiger partial charge in [0.25, 0.3) is 0 Å². The Balaban J connectivity index is 1.61. The van der Waals surface area contributed by atoms with E-state index in [4.69, 9.17) is 0 Å². The Bertz CT molecular complexity index is 704. The highest BCUT2D eigenvalue weighted by molar-refractivity contribution is 5.81. The van der Waals surface area contributed by atoms with Gasteiger partial charge in [0.05, 0.1) is 17.1 Å². The average molecular weight is 330 g/mol. The van der Waals surface area contributed by atoms with E-state index in [1.165, 1.54) is 0 Å². The van der Waals surface area contributed by atoms with Crippen LogP contribution in [-0.4, -0.2) is 69.2 Å². The summed E-state index contributed by atoms with van der Waals surface area (Å²) in [5.41, 5.74) is 1.94. The molecule has 3 rings (SSSR count). The molecule has 1 aromatic heterocycles. The molecule has 1 aliphatic heterocycles. The summed E-state index contributed by atoms with van der Waals surface area (Å²) >= 11 is 0. The van der Waals surface area contributed by atoms with Crippen molar-refractivity contribution in [3.63, 3.8) is 0 Å². The van der Waals surface area contributed by atoms with Crippen molar-refractivity contribution in [2.45, 2.75) is 32.9 Å². The van der Waals surface area contributed by atoms with E-state index in [1.54, 1.807) is 0 Å². The van der Waals surface area contributed by atoms with Gasteiger partial charge in [-0.15, -0.1) is 0 Å². The molecule has 2 aromatic rings. The lowest BCUT2D eigenvalue weighted by atomic mass is 10.2. The average Bonchev–Trinajstić information content (AvgIpc) is 2.91. The van der Waals surface area contributed by atoms with Crippen molar-refractivity contribution in [1.82, 2.24) is 19.4 Å². The van der Waals surface area contributed by atoms with Crippen LogP contribution in [0.25, 0.3) is 11.0 Å². The van der Waals surface area contributed by atoms with Crippen LogP contribution in [0.15, 0.2) is 24.3 Å². The van der Waals surface area contributed by atoms with Gasteiger partial charge in [0.15, 0.2) is 0 Å². The summed E-state index contributed by atoms with van der Waals surface area (Å²) in [5.74, 6) is 1.01. The number of fused-ring (bicyclic) bond motifs is 1. The van der Waals surface area contributed by atoms with Crippen LogP contribution >= 0.6 is 0 Å². The third-order valence-electron chi connectivity index (χ3n) is 4.80. The number of β-amino-alcohol motifs (C(OH)–C–C–N with tert-alkyl or cyclic N) is 1. The zero-order valence-corrected chi connectivity index (χ0v) is 14.5. The molecule has 1 fully saturated rings. The third-order valence-corrected chi connectivity index (χ3v) is 4.80. The van der Waals surface area contributed by atoms with Gasteiger partial charge in [-0.2, -0.15) is 0 Å². The number of carbonyl (C=O) groups excluding carboxylic acids is 1. The quantitative estimate of drug-likeness (QED) is 0.897. The molecule has 0 radical (unpaired) electrons. The molecule has 0 aliphatic carbocycles. The predicted octanol–water partition coefficient (Wildman–Crippen LogP) is 1.26. The molecule has 6 nitrogen and oxygen atoms in total. The van der Waals surface area contributed by atoms with E-state index in [2.05, 4.69) is 9.88 Å². The number of aliphatic hydroxyl groups is 1. The molecule has 1 atom stereocenters. The van der Waals surface area contributed by atoms with E-state index in [1.807, 2.05) is 47.6 Å². The fourth-order valence-corrected chi connectivity index (χ4v) is 3.24. The Kier molecular flexibility index (Phi) is 5.16. The summed E-state index contributed by atoms with van der Waals surface area (Å²) in [6.45, 7) is 8.06. The maximum Gasteiger partial charge on any atom is 0.242 e. The van der Waals surface area contributed by atoms with Crippen LogP contribution in [0, 0.1) is 6.92 Å². The molecule has 1 saturated heterocycles. The van der Waals surface area contributed by atoms with E-state index in [-0.39, 0.29) is 12.0 Å². The number of hydrogen-bond donors (Lipinski definition) is 1. The molecule has 1 aliphatic rings. The van der Waals surface area contributed by atoms with Crippen molar-refractivity contribution in [3.05, 3.63) is 30.1 Å². The lowest BCUT2D eigenvalue weighted by Crippen LogP contribution is -2.51. The van der Waals surface area contributed by atoms with Crippen molar-refractivity contribution in [2.24, 2.45) is 0 Å². The topological polar surface area (TPSA) is 61.6 Å². The van der Waals surface area contributed by atoms with Crippen molar-refractivity contribution in [1.29, 1.82) is 0 Å². The SMILES string of the molecule is CC[C@H](O)CN1CCN(C(=O)Cn2c(C)nc3ccccc32)CC1. The summed E-state index contributed by atoms with van der Waals surface area (Å²) in [6, 6.07) is 7.92. The van der Waals surface area contributed by atoms with Gasteiger partial charge in [-0.25, -0.2) is 4.98 Å². The van der Waals surface area contributed by atoms with Crippen molar-refractivity contribution >= 4 is 16.9 Å². The number of amides is 1. The Morgan fingerprint density at radius 2 is 1.96 bits per heavy atom. The highest BCUT2D eigenvalue weighted by atomic mass is 16.3. The molecule has 0 saturated carbocycles. The number of nitrogens with zero attached hydrogens (tertiary/aromatic N) is 4. The number of aryl methyl sites for hydroxylation is 1. The van der Waals surface area contributed by atoms with Crippen LogP contribution < -0.4 is 0 Å². The number of imidazole rings is 1. The van der Waals surface area contributed by atoms with Gasteiger partial charge in [0.2, 0.25) is 5.91 Å². The van der Waals surface area contributed by atoms with Crippen LogP contribution in [0.5, 0.6) is 0 Å². The second kappa shape index (κ2) is 7.32. The first-order valence-corrected chi connectivity index (χ1v) is 8.68. The second-order valence-corrected chi connectivity index (χ2v) is 6.48. The third kappa shape index (κ3) is 3.60. The summed E-state index contributed by atoms with van der Waals surface area (Å²) in [7, 11) is 0. The minimum Gasteiger partial charge on any atom is -0.392 e. The Labute approximate surface area is 142 Å². The molecule has 1 aromatic carbocycles. The Hall–Kier alpha value is -1.92. The fraction of sp³-hybridized carbons (Fsp3) is 0.556. The first-order valence-electron chi connectivity index (χ1n) is 8.68. The molecular formula is C18H26N4O2. The summed E-state index contributed by atoms with van der Waals surface area (Å²) in [5, 5.41) is 9.76. The second-order valence-electron chi connectivity index (χ2n) is 6.48. The fourth-order valence-electron chi connectivity index (χ4n) is 3.24. The number of aliphatic hydroxyl groups excluding tert-OH is 1. The number of aromatic nitrogens is 2. The number of hydrogen-bond acceptors (Lipinski definition) is 4. The van der Waals surface area contributed by atoms with Gasteiger partial charge < -0.3 is 14.6 Å². The summed E-state index contributed by atoms with van der Waals surface area (Å²) < 4.78 is 1.99. The lowest BCUT2D eigenvalue weighted by molar-refractivity contribution is -0.133. The minimum atomic E-state index is -0.271. The van der Waals surface area contributed by atoms with Gasteiger partial charge >= 0.3 is 0 Å². The van der Waals surface area contributed by atoms with Crippen molar-refractivity contribution in [2.75, 3.05) is 32.7 Å². The molecule has 24 heavy (non-hydrogen) atoms. The molecule has 0 bridgehead atoms. The van der Waals surface area contributed by atoms with E-state index in [0.29, 0.717) is 13.1 Å². The first-order chi connectivity index (χ1) is 11.6. The standard InChI is InChI=1S/C18H26N4O2/c1-3-15(23)12-20-8-10-21(11-9-20)18(24)13-22-14(2)19-16-6-4-5-7-17(16)22/h4-7,15,23H,3,8-13H2,1-2H3/t15-/m0/s1. The largest absolute Gasteiger partial charge is 0.392 e. The van der Waals surface area contributed by atoms with E-state index in [0.717, 1.165) is 49.5 Å². The maximum atomic E-state index is 12.7. The van der Waals surface area contributed by atoms with E-state index in [9.17, 15) is 9.90 Å². The number of para-hydroxylation sites is 2. The predicted molar refractivity (Wildman–Crippen MR) is 93.8 cm³/mol. The zero-order chi connectivity index (χ0) is 17.1. The lowest BCUT2D eigenvalue weighted by Gasteiger charge is -2.35. The van der Waals surface area contributed by atoms with E-state index < -0.39 is 0 Å². The molecule has 6 heteroatoms. The molecule has 1 N–H and O–H groups in total. The van der Waals surface area contributed by atoms with Crippen LogP contribution in [0.2, 0.25) is 0 Å². The normalized spacial score (nSPS) is 17.4. The van der Waals surface area contributed by atoms with Gasteiger partial charge in [0.1, 0.15) is 12.4 Å². The Morgan fingerprint density at radius 3 is 2.67 bits per heavy atom. The maximum absolute atomic E-state index is 12.7. The molecule has 2 heterocycles. The van der Waals surface area contributed by atoms with Crippen molar-refractivity contribution < 1.29 is 9.90 Å². The van der Waals surface area contributed by atoms with Crippen LogP contribution in [0.1, 0.15) is 19.2 Å². The molecular weight excluding hydrogens is 304 g/mol. The summed E-state index contributed by atoms with van der Waals surface area (Å²) in [4.78, 5) is 21.3. The van der Waals surface area contributed by atoms with Gasteiger partial charge in [0, 0.05) is 32.7 Å².